The number of carbonyl (C=O) groups is 1. The van der Waals surface area contributed by atoms with E-state index >= 15 is 0 Å². The van der Waals surface area contributed by atoms with Crippen LogP contribution in [-0.2, 0) is 22.6 Å². The summed E-state index contributed by atoms with van der Waals surface area (Å²) in [6.45, 7) is 9.61. The fourth-order valence-electron chi connectivity index (χ4n) is 3.11. The van der Waals surface area contributed by atoms with Crippen LogP contribution < -0.4 is 10.6 Å². The van der Waals surface area contributed by atoms with Crippen LogP contribution in [0.3, 0.4) is 0 Å². The molecule has 1 heterocycles. The molecule has 0 radical (unpaired) electrons. The summed E-state index contributed by atoms with van der Waals surface area (Å²) in [5.74, 6) is 1.11. The summed E-state index contributed by atoms with van der Waals surface area (Å²) >= 11 is 0. The van der Waals surface area contributed by atoms with Gasteiger partial charge in [0.1, 0.15) is 0 Å². The van der Waals surface area contributed by atoms with Gasteiger partial charge in [-0.3, -0.25) is 4.79 Å². The lowest BCUT2D eigenvalue weighted by Crippen LogP contribution is -2.37. The van der Waals surface area contributed by atoms with E-state index in [0.717, 1.165) is 63.6 Å². The number of nitrogens with one attached hydrogen (secondary N) is 2. The third-order valence-corrected chi connectivity index (χ3v) is 4.51. The smallest absolute Gasteiger partial charge is 0.222 e. The van der Waals surface area contributed by atoms with Gasteiger partial charge in [0.2, 0.25) is 5.91 Å². The zero-order valence-corrected chi connectivity index (χ0v) is 19.5. The van der Waals surface area contributed by atoms with E-state index in [9.17, 15) is 4.79 Å². The lowest BCUT2D eigenvalue weighted by molar-refractivity contribution is -0.128. The van der Waals surface area contributed by atoms with Crippen LogP contribution in [0, 0.1) is 0 Å². The molecule has 6 nitrogen and oxygen atoms in total. The van der Waals surface area contributed by atoms with Crippen LogP contribution in [0.2, 0.25) is 0 Å². The lowest BCUT2D eigenvalue weighted by Gasteiger charge is -2.16. The molecule has 0 aromatic heterocycles. The van der Waals surface area contributed by atoms with E-state index in [1.807, 2.05) is 11.8 Å². The Hall–Kier alpha value is -1.35. The Morgan fingerprint density at radius 1 is 1.21 bits per heavy atom. The summed E-state index contributed by atoms with van der Waals surface area (Å²) in [5, 5.41) is 6.67. The van der Waals surface area contributed by atoms with Crippen molar-refractivity contribution in [3.05, 3.63) is 35.4 Å². The first-order valence-electron chi connectivity index (χ1n) is 10.2. The number of likely N-dealkylation sites (tertiary alicyclic amines) is 1. The van der Waals surface area contributed by atoms with Crippen LogP contribution in [-0.4, -0.2) is 49.6 Å². The lowest BCUT2D eigenvalue weighted by atomic mass is 10.1. The van der Waals surface area contributed by atoms with Crippen LogP contribution in [0.25, 0.3) is 0 Å². The monoisotopic (exact) mass is 502 g/mol. The highest BCUT2D eigenvalue weighted by Gasteiger charge is 2.19. The molecule has 0 saturated carbocycles. The fraction of sp³-hybridized carbons (Fsp3) is 0.619. The van der Waals surface area contributed by atoms with Crippen molar-refractivity contribution in [2.75, 3.05) is 32.8 Å². The number of guanidine groups is 1. The molecule has 1 fully saturated rings. The quantitative estimate of drug-likeness (QED) is 0.211. The van der Waals surface area contributed by atoms with Crippen molar-refractivity contribution in [2.24, 2.45) is 4.99 Å². The predicted molar refractivity (Wildman–Crippen MR) is 125 cm³/mol. The van der Waals surface area contributed by atoms with E-state index in [1.165, 1.54) is 5.56 Å². The van der Waals surface area contributed by atoms with E-state index in [-0.39, 0.29) is 29.9 Å². The molecule has 158 valence electrons. The van der Waals surface area contributed by atoms with Gasteiger partial charge in [0, 0.05) is 45.8 Å². The molecule has 0 bridgehead atoms. The second-order valence-electron chi connectivity index (χ2n) is 6.76. The number of halogens is 1. The van der Waals surface area contributed by atoms with Gasteiger partial charge in [0.25, 0.3) is 0 Å². The summed E-state index contributed by atoms with van der Waals surface area (Å²) < 4.78 is 5.36. The second kappa shape index (κ2) is 14.6. The Morgan fingerprint density at radius 2 is 2.04 bits per heavy atom. The molecule has 1 aromatic carbocycles. The van der Waals surface area contributed by atoms with E-state index in [2.05, 4.69) is 46.8 Å². The fourth-order valence-corrected chi connectivity index (χ4v) is 3.11. The number of amides is 1. The normalized spacial score (nSPS) is 14.1. The van der Waals surface area contributed by atoms with Crippen molar-refractivity contribution in [3.8, 4) is 0 Å². The van der Waals surface area contributed by atoms with Crippen molar-refractivity contribution < 1.29 is 9.53 Å². The third kappa shape index (κ3) is 9.23. The Kier molecular flexibility index (Phi) is 12.9. The minimum absolute atomic E-state index is 0. The number of rotatable bonds is 11. The molecule has 1 aromatic rings. The van der Waals surface area contributed by atoms with Gasteiger partial charge in [0.05, 0.1) is 6.54 Å². The number of unbranched alkanes of at least 4 members (excludes halogenated alkanes) is 1. The summed E-state index contributed by atoms with van der Waals surface area (Å²) in [6.07, 6.45) is 3.78. The largest absolute Gasteiger partial charge is 0.382 e. The Morgan fingerprint density at radius 3 is 2.75 bits per heavy atom. The van der Waals surface area contributed by atoms with E-state index in [1.54, 1.807) is 0 Å². The third-order valence-electron chi connectivity index (χ3n) is 4.51. The number of hydrogen-bond acceptors (Lipinski definition) is 3. The van der Waals surface area contributed by atoms with Crippen molar-refractivity contribution in [3.63, 3.8) is 0 Å². The SMILES string of the molecule is CCNC(=NCc1cccc(CN2CCCC2=O)c1)NCCCCOCC.I. The zero-order chi connectivity index (χ0) is 19.3. The number of ether oxygens (including phenoxy) is 1. The van der Waals surface area contributed by atoms with Gasteiger partial charge in [-0.25, -0.2) is 4.99 Å². The Bertz CT molecular complexity index is 610. The van der Waals surface area contributed by atoms with E-state index < -0.39 is 0 Å². The maximum atomic E-state index is 11.8. The molecule has 2 rings (SSSR count). The summed E-state index contributed by atoms with van der Waals surface area (Å²) in [4.78, 5) is 18.4. The molecule has 0 spiro atoms. The highest BCUT2D eigenvalue weighted by molar-refractivity contribution is 14.0. The van der Waals surface area contributed by atoms with Crippen molar-refractivity contribution in [1.29, 1.82) is 0 Å². The molecule has 1 aliphatic heterocycles. The molecule has 1 saturated heterocycles. The average molecular weight is 502 g/mol. The number of carbonyl (C=O) groups excluding carboxylic acids is 1. The number of aliphatic imine (C=N–C) groups is 1. The molecule has 2 N–H and O–H groups in total. The zero-order valence-electron chi connectivity index (χ0n) is 17.2. The highest BCUT2D eigenvalue weighted by Crippen LogP contribution is 2.15. The van der Waals surface area contributed by atoms with Gasteiger partial charge in [-0.05, 0) is 44.2 Å². The van der Waals surface area contributed by atoms with E-state index in [4.69, 9.17) is 4.74 Å². The van der Waals surface area contributed by atoms with Gasteiger partial charge in [-0.15, -0.1) is 24.0 Å². The van der Waals surface area contributed by atoms with Crippen LogP contribution in [0.5, 0.6) is 0 Å². The number of nitrogens with zero attached hydrogens (tertiary/aromatic N) is 2. The van der Waals surface area contributed by atoms with Gasteiger partial charge in [0.15, 0.2) is 5.96 Å². The van der Waals surface area contributed by atoms with Crippen molar-refractivity contribution in [2.45, 2.75) is 52.6 Å². The van der Waals surface area contributed by atoms with Gasteiger partial charge in [-0.1, -0.05) is 24.3 Å². The molecular weight excluding hydrogens is 467 g/mol. The Labute approximate surface area is 186 Å². The molecule has 7 heteroatoms. The molecule has 0 aliphatic carbocycles. The van der Waals surface area contributed by atoms with Crippen molar-refractivity contribution in [1.82, 2.24) is 15.5 Å². The van der Waals surface area contributed by atoms with Crippen molar-refractivity contribution >= 4 is 35.8 Å². The molecule has 0 unspecified atom stereocenters. The summed E-state index contributed by atoms with van der Waals surface area (Å²) in [6, 6.07) is 8.38. The highest BCUT2D eigenvalue weighted by atomic mass is 127. The molecule has 1 aliphatic rings. The average Bonchev–Trinajstić information content (AvgIpc) is 3.07. The molecule has 28 heavy (non-hydrogen) atoms. The van der Waals surface area contributed by atoms with Crippen LogP contribution in [0.15, 0.2) is 29.3 Å². The molecule has 1 amide bonds. The van der Waals surface area contributed by atoms with Crippen LogP contribution in [0.1, 0.15) is 50.7 Å². The topological polar surface area (TPSA) is 66.0 Å². The van der Waals surface area contributed by atoms with Gasteiger partial charge < -0.3 is 20.3 Å². The Balaban J connectivity index is 0.00000392. The number of benzene rings is 1. The first kappa shape index (κ1) is 24.7. The standard InChI is InChI=1S/C21H34N4O2.HI/c1-3-22-21(23-12-5-6-14-27-4-2)24-16-18-9-7-10-19(15-18)17-25-13-8-11-20(25)26;/h7,9-10,15H,3-6,8,11-14,16-17H2,1-2H3,(H2,22,23,24);1H. The first-order valence-corrected chi connectivity index (χ1v) is 10.2. The van der Waals surface area contributed by atoms with Crippen LogP contribution >= 0.6 is 24.0 Å². The van der Waals surface area contributed by atoms with E-state index in [0.29, 0.717) is 19.5 Å². The molecule has 0 atom stereocenters. The minimum Gasteiger partial charge on any atom is -0.382 e. The summed E-state index contributed by atoms with van der Waals surface area (Å²) in [5.41, 5.74) is 2.33. The summed E-state index contributed by atoms with van der Waals surface area (Å²) in [7, 11) is 0. The maximum Gasteiger partial charge on any atom is 0.222 e. The van der Waals surface area contributed by atoms with Gasteiger partial charge >= 0.3 is 0 Å². The first-order chi connectivity index (χ1) is 13.2. The predicted octanol–water partition coefficient (Wildman–Crippen LogP) is 3.30. The molecular formula is C21H35IN4O2. The van der Waals surface area contributed by atoms with Crippen LogP contribution in [0.4, 0.5) is 0 Å². The maximum absolute atomic E-state index is 11.8. The second-order valence-corrected chi connectivity index (χ2v) is 6.76. The van der Waals surface area contributed by atoms with Gasteiger partial charge in [-0.2, -0.15) is 0 Å². The number of hydrogen-bond donors (Lipinski definition) is 2. The minimum atomic E-state index is 0.